The van der Waals surface area contributed by atoms with E-state index in [0.717, 1.165) is 58.3 Å². The van der Waals surface area contributed by atoms with Crippen molar-refractivity contribution >= 4 is 105 Å². The molecular formula is C98H141B6N11O22. The Morgan fingerprint density at radius 1 is 0.409 bits per heavy atom. The maximum absolute atomic E-state index is 12.2. The summed E-state index contributed by atoms with van der Waals surface area (Å²) in [6.45, 7) is 20.3. The van der Waals surface area contributed by atoms with Gasteiger partial charge in [0.05, 0.1) is 50.7 Å². The van der Waals surface area contributed by atoms with Crippen molar-refractivity contribution in [2.75, 3.05) is 173 Å². The van der Waals surface area contributed by atoms with E-state index in [2.05, 4.69) is 81.8 Å². The van der Waals surface area contributed by atoms with Crippen molar-refractivity contribution in [3.05, 3.63) is 166 Å². The zero-order chi connectivity index (χ0) is 102. The van der Waals surface area contributed by atoms with Crippen LogP contribution < -0.4 is 61.5 Å². The minimum Gasteiger partial charge on any atom is -0.491 e. The normalized spacial score (nSPS) is 11.8. The third-order valence-electron chi connectivity index (χ3n) is 18.0. The molecule has 0 aliphatic rings. The third kappa shape index (κ3) is 77.0. The van der Waals surface area contributed by atoms with Gasteiger partial charge in [0.2, 0.25) is 23.6 Å². The van der Waals surface area contributed by atoms with Crippen molar-refractivity contribution in [2.24, 2.45) is 5.11 Å². The van der Waals surface area contributed by atoms with E-state index in [0.29, 0.717) is 156 Å². The molecule has 0 aliphatic heterocycles. The van der Waals surface area contributed by atoms with Crippen LogP contribution in [0, 0.1) is 29.3 Å². The molecule has 4 aromatic rings. The molecule has 4 rings (SSSR count). The van der Waals surface area contributed by atoms with E-state index in [-0.39, 0.29) is 155 Å². The second-order valence-corrected chi connectivity index (χ2v) is 29.9. The Balaban J connectivity index is 0. The maximum atomic E-state index is 12.2. The number of hydrogen-bond donors (Lipinski definition) is 8. The van der Waals surface area contributed by atoms with Gasteiger partial charge in [-0.3, -0.25) is 43.2 Å². The third-order valence-corrected chi connectivity index (χ3v) is 18.0. The van der Waals surface area contributed by atoms with Crippen molar-refractivity contribution in [2.45, 2.75) is 175 Å². The first-order valence-corrected chi connectivity index (χ1v) is 45.7. The second kappa shape index (κ2) is 90.5. The number of Topliss-reactive ketones (excluding diaryl/α,β-unsaturated/α-hetero) is 6. The van der Waals surface area contributed by atoms with Gasteiger partial charge in [0.15, 0.2) is 44.6 Å². The first kappa shape index (κ1) is 128. The molecule has 39 heteroatoms. The summed E-state index contributed by atoms with van der Waals surface area (Å²) in [6.07, 6.45) is 12.2. The van der Waals surface area contributed by atoms with Gasteiger partial charge in [-0.05, 0) is 181 Å². The number of ketones is 6. The van der Waals surface area contributed by atoms with Gasteiger partial charge in [-0.1, -0.05) is 97.6 Å². The van der Waals surface area contributed by atoms with E-state index in [4.69, 9.17) is 109 Å². The number of nitrogens with zero attached hydrogens (tertiary/aromatic N) is 3. The van der Waals surface area contributed by atoms with E-state index in [1.54, 1.807) is 105 Å². The molecule has 0 heterocycles. The number of carbonyl (C=O) groups excluding carboxylic acids is 10. The summed E-state index contributed by atoms with van der Waals surface area (Å²) in [5, 5.41) is 25.7. The molecule has 6 unspecified atom stereocenters. The summed E-state index contributed by atoms with van der Waals surface area (Å²) in [7, 11) is 38.0. The molecule has 0 bridgehead atoms. The average molecular weight is 1890 g/mol. The Labute approximate surface area is 819 Å². The standard InChI is InChI=1S/C22H32BNO5.C21H30BNO5.C19H27BN2O4.C19H25BN2O4.C9H16BNO2.C8H11BN4O2/c1-18(28-14-13-27-17-20(25)8-3-4-11-23)16-29-21-9-5-7-19(15-21)22(26)10-6-12-24-2;1-17(27-13-12-26-16-19(24)7-4-10-22)15-28-20-8-3-6-18(14-20)21(25)9-5-11-23-2;2*1-15(25-14-19(24)22-11-5-9-20)13-26-17-7-3-6-16(12-17)18(23)8-4-10-21-2;1-3-8(2)13-7-9(12)11-6-4-5-10;1-2-8(12-13-10)15-6-7(14)11-5-3-4-9/h4-5,7,9,11,15,18,24H,3,6,8,10,12-14,16-17H2,1-2H3;3,6,8,14,17,23H,4-5,7,9,11-13,15-16H2,1-2H3;3,5-7,9,12,15,21H,4,8,10-11,13-14H2,1-2H3,(H,22,24);3,6-7,12,15,21H,4,8,10-11,13-14H2,1-2H3,(H,22,24);4-5,8H,3,6-7H2,1-2H3,(H,11,12);8H,2,5-6H2,1H3,(H,11,14)/b11-4+;;9-5+;;5-4+;. The molecule has 0 saturated carbocycles. The molecule has 0 aliphatic carbocycles. The molecule has 6 atom stereocenters. The van der Waals surface area contributed by atoms with E-state index in [9.17, 15) is 47.9 Å². The topological polar surface area (TPSA) is 426 Å². The molecule has 33 nitrogen and oxygen atoms in total. The van der Waals surface area contributed by atoms with Crippen LogP contribution in [0.3, 0.4) is 0 Å². The minimum absolute atomic E-state index is 0.00489. The van der Waals surface area contributed by atoms with Gasteiger partial charge in [-0.2, -0.15) is 11.6 Å². The van der Waals surface area contributed by atoms with Gasteiger partial charge >= 0.3 is 90.2 Å². The van der Waals surface area contributed by atoms with Crippen LogP contribution in [0.1, 0.15) is 180 Å². The number of rotatable bonds is 70. The van der Waals surface area contributed by atoms with Gasteiger partial charge in [0.1, 0.15) is 106 Å². The molecule has 0 aromatic heterocycles. The number of amides is 4. The van der Waals surface area contributed by atoms with Gasteiger partial charge in [-0.15, -0.1) is 17.9 Å². The van der Waals surface area contributed by atoms with Crippen LogP contribution >= 0.6 is 0 Å². The fourth-order valence-corrected chi connectivity index (χ4v) is 10.4. The molecule has 0 fully saturated rings. The minimum atomic E-state index is -0.610. The number of carbonyl (C=O) groups is 10. The molecule has 0 spiro atoms. The zero-order valence-corrected chi connectivity index (χ0v) is 81.9. The number of hydrogen-bond acceptors (Lipinski definition) is 27. The van der Waals surface area contributed by atoms with E-state index in [1.165, 1.54) is 17.9 Å². The molecule has 137 heavy (non-hydrogen) atoms. The Morgan fingerprint density at radius 2 is 0.730 bits per heavy atom. The molecular weight excluding hydrogens is 1750 g/mol. The summed E-state index contributed by atoms with van der Waals surface area (Å²) >= 11 is 0. The fourth-order valence-electron chi connectivity index (χ4n) is 10.4. The fraction of sp³-hybridized carbons (Fsp3) is 0.541. The SMILES string of the molecule is B#CCCC(=O)COCCOC(C)COc1cccc(C(=O)CCCNC)c1.[B]/C=C/CCC(=O)COCCOC(C)COc1cccc(C(=O)CCCNC)c1.[B]/C=C/CNC(=O)COC(C)CC.[B]/C=C/CNC(=O)COC(C)COc1cccc(C(=O)CCCNC)c1.[B]C#CCNC(=O)COC(C)COc1cccc(C(=O)CCCNC)c1.[B]C#CCNC(=O)COC(CC)N=[N+]=[N-]. The predicted molar refractivity (Wildman–Crippen MR) is 538 cm³/mol. The van der Waals surface area contributed by atoms with Crippen molar-refractivity contribution in [1.29, 1.82) is 0 Å². The molecule has 8 N–H and O–H groups in total. The molecule has 4 aromatic carbocycles. The molecule has 0 saturated heterocycles. The summed E-state index contributed by atoms with van der Waals surface area (Å²) in [5.74, 6) is 18.0. The molecule has 10 radical (unpaired) electrons. The van der Waals surface area contributed by atoms with Crippen LogP contribution in [0.25, 0.3) is 10.4 Å². The monoisotopic (exact) mass is 1890 g/mol. The van der Waals surface area contributed by atoms with Gasteiger partial charge in [0, 0.05) is 72.4 Å². The molecule has 4 amide bonds. The van der Waals surface area contributed by atoms with E-state index in [1.807, 2.05) is 87.1 Å². The van der Waals surface area contributed by atoms with E-state index >= 15 is 0 Å². The first-order valence-electron chi connectivity index (χ1n) is 45.7. The summed E-state index contributed by atoms with van der Waals surface area (Å²) in [5.41, 5.74) is 10.7. The number of allylic oxidation sites excluding steroid dienone is 1. The Bertz CT molecular complexity index is 4330. The summed E-state index contributed by atoms with van der Waals surface area (Å²) in [6, 6.07) is 28.6. The number of ether oxygens (including phenoxy) is 12. The first-order chi connectivity index (χ1) is 66.2. The van der Waals surface area contributed by atoms with Crippen LogP contribution in [0.15, 0.2) is 138 Å². The van der Waals surface area contributed by atoms with Gasteiger partial charge in [-0.25, -0.2) is 0 Å². The number of azide groups is 1. The van der Waals surface area contributed by atoms with Crippen LogP contribution in [0.2, 0.25) is 0 Å². The van der Waals surface area contributed by atoms with Crippen molar-refractivity contribution in [3.63, 3.8) is 0 Å². The average Bonchev–Trinajstić information content (AvgIpc) is 0.892. The predicted octanol–water partition coefficient (Wildman–Crippen LogP) is 8.09. The van der Waals surface area contributed by atoms with Crippen LogP contribution in [-0.2, 0) is 66.7 Å². The Morgan fingerprint density at radius 3 is 1.04 bits per heavy atom. The van der Waals surface area contributed by atoms with Crippen molar-refractivity contribution in [3.8, 4) is 52.3 Å². The Kier molecular flexibility index (Phi) is 84.8. The van der Waals surface area contributed by atoms with E-state index < -0.39 is 6.23 Å². The van der Waals surface area contributed by atoms with Crippen LogP contribution in [0.5, 0.6) is 23.0 Å². The van der Waals surface area contributed by atoms with Crippen molar-refractivity contribution < 1.29 is 105 Å². The van der Waals surface area contributed by atoms with Gasteiger partial charge in [0.25, 0.3) is 0 Å². The Hall–Kier alpha value is -10.7. The smallest absolute Gasteiger partial charge is 0.491 e. The summed E-state index contributed by atoms with van der Waals surface area (Å²) < 4.78 is 65.6. The quantitative estimate of drug-likeness (QED) is 0.00393. The number of nitrogens with one attached hydrogen (secondary N) is 8. The van der Waals surface area contributed by atoms with Gasteiger partial charge < -0.3 is 85.2 Å². The second-order valence-electron chi connectivity index (χ2n) is 29.9. The summed E-state index contributed by atoms with van der Waals surface area (Å²) in [4.78, 5) is 119. The number of benzene rings is 4. The van der Waals surface area contributed by atoms with Crippen LogP contribution in [-0.4, -0.2) is 315 Å². The molecule has 738 valence electrons. The zero-order valence-electron chi connectivity index (χ0n) is 81.9. The van der Waals surface area contributed by atoms with Crippen LogP contribution in [0.4, 0.5) is 0 Å². The van der Waals surface area contributed by atoms with Crippen molar-refractivity contribution in [1.82, 2.24) is 42.5 Å².